The van der Waals surface area contributed by atoms with Crippen molar-refractivity contribution in [2.24, 2.45) is 0 Å². The van der Waals surface area contributed by atoms with Gasteiger partial charge in [0.25, 0.3) is 0 Å². The average molecular weight is 126 g/mol. The second-order valence-electron chi connectivity index (χ2n) is 2.59. The molecule has 0 spiro atoms. The molecule has 1 rings (SSSR count). The Morgan fingerprint density at radius 3 is 3.00 bits per heavy atom. The maximum Gasteiger partial charge on any atom is 0.0206 e. The molecule has 1 N–H and O–H groups in total. The van der Waals surface area contributed by atoms with E-state index >= 15 is 0 Å². The third-order valence-electron chi connectivity index (χ3n) is 1.57. The van der Waals surface area contributed by atoms with Gasteiger partial charge in [0.15, 0.2) is 0 Å². The Hall–Kier alpha value is -0.340. The van der Waals surface area contributed by atoms with Gasteiger partial charge in [-0.3, -0.25) is 4.90 Å². The van der Waals surface area contributed by atoms with Crippen molar-refractivity contribution < 1.29 is 0 Å². The van der Waals surface area contributed by atoms with E-state index in [1.807, 2.05) is 7.05 Å². The van der Waals surface area contributed by atoms with E-state index in [2.05, 4.69) is 23.3 Å². The summed E-state index contributed by atoms with van der Waals surface area (Å²) in [6.45, 7) is 3.31. The summed E-state index contributed by atoms with van der Waals surface area (Å²) in [7, 11) is 4.12. The van der Waals surface area contributed by atoms with E-state index in [9.17, 15) is 0 Å². The van der Waals surface area contributed by atoms with Crippen molar-refractivity contribution in [3.05, 3.63) is 11.6 Å². The standard InChI is InChI=1S/C7H14N2/c1-8-5-7-3-4-9(2)6-7/h3,8H,4-6H2,1-2H3. The smallest absolute Gasteiger partial charge is 0.0206 e. The summed E-state index contributed by atoms with van der Waals surface area (Å²) in [6.07, 6.45) is 2.29. The molecule has 2 nitrogen and oxygen atoms in total. The molecule has 1 aliphatic heterocycles. The van der Waals surface area contributed by atoms with Gasteiger partial charge in [-0.2, -0.15) is 0 Å². The number of nitrogens with zero attached hydrogens (tertiary/aromatic N) is 1. The maximum absolute atomic E-state index is 3.14. The van der Waals surface area contributed by atoms with Gasteiger partial charge in [0.1, 0.15) is 0 Å². The largest absolute Gasteiger partial charge is 0.316 e. The first-order valence-electron chi connectivity index (χ1n) is 3.34. The molecule has 52 valence electrons. The van der Waals surface area contributed by atoms with Crippen molar-refractivity contribution in [1.82, 2.24) is 10.2 Å². The number of hydrogen-bond acceptors (Lipinski definition) is 2. The Morgan fingerprint density at radius 2 is 2.56 bits per heavy atom. The lowest BCUT2D eigenvalue weighted by molar-refractivity contribution is 0.427. The third-order valence-corrected chi connectivity index (χ3v) is 1.57. The predicted octanol–water partition coefficient (Wildman–Crippen LogP) is 0.0776. The van der Waals surface area contributed by atoms with Gasteiger partial charge in [0.05, 0.1) is 0 Å². The Kier molecular flexibility index (Phi) is 2.25. The molecule has 0 bridgehead atoms. The number of likely N-dealkylation sites (N-methyl/N-ethyl adjacent to an activating group) is 2. The van der Waals surface area contributed by atoms with Crippen LogP contribution in [0.2, 0.25) is 0 Å². The molecule has 0 aromatic carbocycles. The van der Waals surface area contributed by atoms with Crippen LogP contribution in [0.4, 0.5) is 0 Å². The fourth-order valence-corrected chi connectivity index (χ4v) is 1.12. The van der Waals surface area contributed by atoms with Crippen LogP contribution >= 0.6 is 0 Å². The van der Waals surface area contributed by atoms with Gasteiger partial charge in [-0.15, -0.1) is 0 Å². The van der Waals surface area contributed by atoms with Gasteiger partial charge in [-0.25, -0.2) is 0 Å². The lowest BCUT2D eigenvalue weighted by Gasteiger charge is -2.06. The number of nitrogens with one attached hydrogen (secondary N) is 1. The van der Waals surface area contributed by atoms with Crippen molar-refractivity contribution in [2.45, 2.75) is 0 Å². The van der Waals surface area contributed by atoms with Crippen molar-refractivity contribution in [2.75, 3.05) is 33.7 Å². The minimum absolute atomic E-state index is 1.05. The molecular weight excluding hydrogens is 112 g/mol. The highest BCUT2D eigenvalue weighted by atomic mass is 15.1. The van der Waals surface area contributed by atoms with E-state index in [0.717, 1.165) is 19.6 Å². The summed E-state index contributed by atoms with van der Waals surface area (Å²) in [5.74, 6) is 0. The first-order chi connectivity index (χ1) is 4.33. The topological polar surface area (TPSA) is 15.3 Å². The minimum atomic E-state index is 1.05. The minimum Gasteiger partial charge on any atom is -0.316 e. The zero-order chi connectivity index (χ0) is 6.69. The van der Waals surface area contributed by atoms with Crippen molar-refractivity contribution in [3.8, 4) is 0 Å². The van der Waals surface area contributed by atoms with Crippen LogP contribution in [0.15, 0.2) is 11.6 Å². The quantitative estimate of drug-likeness (QED) is 0.527. The summed E-state index contributed by atoms with van der Waals surface area (Å²) in [5.41, 5.74) is 1.51. The Morgan fingerprint density at radius 1 is 1.78 bits per heavy atom. The lowest BCUT2D eigenvalue weighted by atomic mass is 10.3. The van der Waals surface area contributed by atoms with Gasteiger partial charge >= 0.3 is 0 Å². The third kappa shape index (κ3) is 1.80. The van der Waals surface area contributed by atoms with Crippen LogP contribution in [0.5, 0.6) is 0 Å². The number of rotatable bonds is 2. The van der Waals surface area contributed by atoms with Crippen LogP contribution in [0, 0.1) is 0 Å². The Bertz CT molecular complexity index is 118. The molecule has 0 aliphatic carbocycles. The van der Waals surface area contributed by atoms with Crippen molar-refractivity contribution >= 4 is 0 Å². The molecule has 0 unspecified atom stereocenters. The van der Waals surface area contributed by atoms with Crippen molar-refractivity contribution in [1.29, 1.82) is 0 Å². The summed E-state index contributed by atoms with van der Waals surface area (Å²) in [6, 6.07) is 0. The van der Waals surface area contributed by atoms with E-state index in [1.165, 1.54) is 5.57 Å². The second-order valence-corrected chi connectivity index (χ2v) is 2.59. The lowest BCUT2D eigenvalue weighted by Crippen LogP contribution is -2.18. The molecule has 0 aromatic rings. The summed E-state index contributed by atoms with van der Waals surface area (Å²) >= 11 is 0. The molecule has 0 amide bonds. The summed E-state index contributed by atoms with van der Waals surface area (Å²) in [4.78, 5) is 2.30. The van der Waals surface area contributed by atoms with Crippen LogP contribution in [0.3, 0.4) is 0 Å². The first-order valence-corrected chi connectivity index (χ1v) is 3.34. The van der Waals surface area contributed by atoms with Gasteiger partial charge in [-0.1, -0.05) is 6.08 Å². The first kappa shape index (κ1) is 6.78. The maximum atomic E-state index is 3.14. The van der Waals surface area contributed by atoms with Crippen LogP contribution < -0.4 is 5.32 Å². The van der Waals surface area contributed by atoms with Crippen LogP contribution in [0.1, 0.15) is 0 Å². The van der Waals surface area contributed by atoms with Gasteiger partial charge in [-0.05, 0) is 19.7 Å². The molecule has 1 heterocycles. The number of hydrogen-bond donors (Lipinski definition) is 1. The zero-order valence-electron chi connectivity index (χ0n) is 6.15. The highest BCUT2D eigenvalue weighted by molar-refractivity contribution is 5.12. The van der Waals surface area contributed by atoms with Crippen molar-refractivity contribution in [3.63, 3.8) is 0 Å². The van der Waals surface area contributed by atoms with Crippen LogP contribution in [-0.4, -0.2) is 38.6 Å². The highest BCUT2D eigenvalue weighted by Gasteiger charge is 2.07. The molecule has 0 radical (unpaired) electrons. The van der Waals surface area contributed by atoms with E-state index in [-0.39, 0.29) is 0 Å². The molecule has 0 saturated heterocycles. The normalized spacial score (nSPS) is 20.4. The molecule has 0 fully saturated rings. The van der Waals surface area contributed by atoms with Gasteiger partial charge in [0.2, 0.25) is 0 Å². The molecule has 0 saturated carbocycles. The molecule has 0 aromatic heterocycles. The molecule has 1 aliphatic rings. The molecular formula is C7H14N2. The Labute approximate surface area is 56.5 Å². The molecule has 2 heteroatoms. The predicted molar refractivity (Wildman–Crippen MR) is 39.5 cm³/mol. The summed E-state index contributed by atoms with van der Waals surface area (Å²) < 4.78 is 0. The van der Waals surface area contributed by atoms with Gasteiger partial charge < -0.3 is 5.32 Å². The average Bonchev–Trinajstić information content (AvgIpc) is 2.17. The van der Waals surface area contributed by atoms with Gasteiger partial charge in [0, 0.05) is 19.6 Å². The highest BCUT2D eigenvalue weighted by Crippen LogP contribution is 2.03. The van der Waals surface area contributed by atoms with E-state index in [1.54, 1.807) is 0 Å². The fraction of sp³-hybridized carbons (Fsp3) is 0.714. The monoisotopic (exact) mass is 126 g/mol. The van der Waals surface area contributed by atoms with Crippen LogP contribution in [-0.2, 0) is 0 Å². The zero-order valence-corrected chi connectivity index (χ0v) is 6.15. The summed E-state index contributed by atoms with van der Waals surface area (Å²) in [5, 5.41) is 3.14. The van der Waals surface area contributed by atoms with Crippen LogP contribution in [0.25, 0.3) is 0 Å². The molecule has 9 heavy (non-hydrogen) atoms. The van der Waals surface area contributed by atoms with E-state index < -0.39 is 0 Å². The SMILES string of the molecule is CNCC1=CCN(C)C1. The second kappa shape index (κ2) is 2.99. The van der Waals surface area contributed by atoms with E-state index in [4.69, 9.17) is 0 Å². The fourth-order valence-electron chi connectivity index (χ4n) is 1.12. The Balaban J connectivity index is 2.27. The van der Waals surface area contributed by atoms with E-state index in [0.29, 0.717) is 0 Å². The molecule has 0 atom stereocenters.